The third-order valence-corrected chi connectivity index (χ3v) is 4.68. The van der Waals surface area contributed by atoms with Gasteiger partial charge < -0.3 is 10.1 Å². The Morgan fingerprint density at radius 1 is 1.04 bits per heavy atom. The van der Waals surface area contributed by atoms with E-state index in [4.69, 9.17) is 27.9 Å². The summed E-state index contributed by atoms with van der Waals surface area (Å²) in [6.45, 7) is 2.59. The number of hydrogen-bond donors (Lipinski definition) is 1. The van der Waals surface area contributed by atoms with Crippen LogP contribution in [0.5, 0.6) is 5.75 Å². The van der Waals surface area contributed by atoms with Gasteiger partial charge in [0, 0.05) is 5.69 Å². The molecule has 2 aromatic heterocycles. The van der Waals surface area contributed by atoms with E-state index in [-0.39, 0.29) is 0 Å². The first-order chi connectivity index (χ1) is 13.2. The van der Waals surface area contributed by atoms with Gasteiger partial charge in [0.15, 0.2) is 5.65 Å². The maximum Gasteiger partial charge on any atom is 0.168 e. The molecule has 0 aliphatic rings. The molecule has 0 spiro atoms. The van der Waals surface area contributed by atoms with Crippen molar-refractivity contribution in [1.82, 2.24) is 19.7 Å². The SMILES string of the molecule is CCOc1ccc(Nc2ncnc3c2cnn3-c2ccc(Cl)c(Cl)c2)cc1. The molecule has 0 fully saturated rings. The molecule has 4 aromatic rings. The number of rotatable bonds is 5. The second kappa shape index (κ2) is 7.42. The van der Waals surface area contributed by atoms with E-state index in [2.05, 4.69) is 20.4 Å². The minimum Gasteiger partial charge on any atom is -0.494 e. The molecule has 0 unspecified atom stereocenters. The van der Waals surface area contributed by atoms with Crippen LogP contribution in [0.25, 0.3) is 16.7 Å². The molecule has 4 rings (SSSR count). The molecule has 1 N–H and O–H groups in total. The Labute approximate surface area is 165 Å². The van der Waals surface area contributed by atoms with Crippen molar-refractivity contribution in [3.8, 4) is 11.4 Å². The number of anilines is 2. The highest BCUT2D eigenvalue weighted by Gasteiger charge is 2.12. The molecule has 8 heteroatoms. The van der Waals surface area contributed by atoms with Crippen molar-refractivity contribution >= 4 is 45.7 Å². The van der Waals surface area contributed by atoms with Crippen molar-refractivity contribution in [2.24, 2.45) is 0 Å². The number of fused-ring (bicyclic) bond motifs is 1. The molecular weight excluding hydrogens is 385 g/mol. The van der Waals surface area contributed by atoms with Crippen LogP contribution in [0.15, 0.2) is 55.0 Å². The molecule has 0 aliphatic carbocycles. The van der Waals surface area contributed by atoms with E-state index < -0.39 is 0 Å². The maximum absolute atomic E-state index is 6.13. The molecule has 6 nitrogen and oxygen atoms in total. The average molecular weight is 400 g/mol. The van der Waals surface area contributed by atoms with Crippen LogP contribution in [0.2, 0.25) is 10.0 Å². The third-order valence-electron chi connectivity index (χ3n) is 3.94. The van der Waals surface area contributed by atoms with Crippen LogP contribution in [0, 0.1) is 0 Å². The van der Waals surface area contributed by atoms with Gasteiger partial charge in [-0.25, -0.2) is 14.6 Å². The van der Waals surface area contributed by atoms with Gasteiger partial charge in [-0.3, -0.25) is 0 Å². The Morgan fingerprint density at radius 3 is 2.59 bits per heavy atom. The van der Waals surface area contributed by atoms with Gasteiger partial charge in [0.25, 0.3) is 0 Å². The van der Waals surface area contributed by atoms with Gasteiger partial charge in [-0.1, -0.05) is 23.2 Å². The third kappa shape index (κ3) is 3.54. The highest BCUT2D eigenvalue weighted by Crippen LogP contribution is 2.28. The van der Waals surface area contributed by atoms with Crippen LogP contribution >= 0.6 is 23.2 Å². The molecule has 2 heterocycles. The number of ether oxygens (including phenoxy) is 1. The second-order valence-electron chi connectivity index (χ2n) is 5.70. The van der Waals surface area contributed by atoms with Crippen molar-refractivity contribution < 1.29 is 4.74 Å². The van der Waals surface area contributed by atoms with Crippen molar-refractivity contribution in [2.75, 3.05) is 11.9 Å². The zero-order valence-electron chi connectivity index (χ0n) is 14.4. The molecule has 0 aliphatic heterocycles. The van der Waals surface area contributed by atoms with Crippen LogP contribution in [-0.4, -0.2) is 26.4 Å². The maximum atomic E-state index is 6.13. The summed E-state index contributed by atoms with van der Waals surface area (Å²) in [4.78, 5) is 8.71. The zero-order chi connectivity index (χ0) is 18.8. The van der Waals surface area contributed by atoms with Gasteiger partial charge in [-0.05, 0) is 49.4 Å². The Bertz CT molecular complexity index is 1100. The van der Waals surface area contributed by atoms with Gasteiger partial charge in [0.2, 0.25) is 0 Å². The highest BCUT2D eigenvalue weighted by molar-refractivity contribution is 6.42. The Balaban J connectivity index is 1.69. The molecule has 0 atom stereocenters. The van der Waals surface area contributed by atoms with Crippen molar-refractivity contribution in [3.63, 3.8) is 0 Å². The normalized spacial score (nSPS) is 10.9. The lowest BCUT2D eigenvalue weighted by Gasteiger charge is -2.08. The van der Waals surface area contributed by atoms with E-state index in [0.29, 0.717) is 28.1 Å². The van der Waals surface area contributed by atoms with E-state index >= 15 is 0 Å². The van der Waals surface area contributed by atoms with Gasteiger partial charge in [0.05, 0.1) is 33.9 Å². The summed E-state index contributed by atoms with van der Waals surface area (Å²) >= 11 is 12.1. The summed E-state index contributed by atoms with van der Waals surface area (Å²) in [7, 11) is 0. The van der Waals surface area contributed by atoms with Crippen LogP contribution < -0.4 is 10.1 Å². The number of nitrogens with zero attached hydrogens (tertiary/aromatic N) is 4. The molecule has 0 amide bonds. The Kier molecular flexibility index (Phi) is 4.83. The summed E-state index contributed by atoms with van der Waals surface area (Å²) in [5.74, 6) is 1.48. The van der Waals surface area contributed by atoms with E-state index in [0.717, 1.165) is 22.5 Å². The van der Waals surface area contributed by atoms with Crippen LogP contribution in [0.4, 0.5) is 11.5 Å². The summed E-state index contributed by atoms with van der Waals surface area (Å²) in [6.07, 6.45) is 3.21. The van der Waals surface area contributed by atoms with Crippen LogP contribution in [0.3, 0.4) is 0 Å². The first-order valence-corrected chi connectivity index (χ1v) is 9.05. The first-order valence-electron chi connectivity index (χ1n) is 8.29. The number of hydrogen-bond acceptors (Lipinski definition) is 5. The average Bonchev–Trinajstić information content (AvgIpc) is 3.11. The molecule has 0 bridgehead atoms. The van der Waals surface area contributed by atoms with E-state index in [1.165, 1.54) is 6.33 Å². The summed E-state index contributed by atoms with van der Waals surface area (Å²) in [5.41, 5.74) is 2.32. The molecule has 27 heavy (non-hydrogen) atoms. The minimum absolute atomic E-state index is 0.458. The van der Waals surface area contributed by atoms with Gasteiger partial charge >= 0.3 is 0 Å². The fourth-order valence-electron chi connectivity index (χ4n) is 2.69. The van der Waals surface area contributed by atoms with Gasteiger partial charge in [-0.15, -0.1) is 0 Å². The predicted molar refractivity (Wildman–Crippen MR) is 108 cm³/mol. The lowest BCUT2D eigenvalue weighted by molar-refractivity contribution is 0.340. The fraction of sp³-hybridized carbons (Fsp3) is 0.105. The molecule has 0 saturated heterocycles. The molecule has 2 aromatic carbocycles. The highest BCUT2D eigenvalue weighted by atomic mass is 35.5. The first kappa shape index (κ1) is 17.6. The summed E-state index contributed by atoms with van der Waals surface area (Å²) < 4.78 is 7.16. The topological polar surface area (TPSA) is 64.9 Å². The zero-order valence-corrected chi connectivity index (χ0v) is 15.9. The molecule has 136 valence electrons. The van der Waals surface area contributed by atoms with Crippen LogP contribution in [0.1, 0.15) is 6.92 Å². The van der Waals surface area contributed by atoms with Crippen molar-refractivity contribution in [1.29, 1.82) is 0 Å². The van der Waals surface area contributed by atoms with Crippen molar-refractivity contribution in [2.45, 2.75) is 6.92 Å². The molecule has 0 saturated carbocycles. The Morgan fingerprint density at radius 2 is 1.85 bits per heavy atom. The lowest BCUT2D eigenvalue weighted by atomic mass is 10.3. The number of halogens is 2. The van der Waals surface area contributed by atoms with Crippen molar-refractivity contribution in [3.05, 3.63) is 65.0 Å². The number of nitrogens with one attached hydrogen (secondary N) is 1. The van der Waals surface area contributed by atoms with E-state index in [9.17, 15) is 0 Å². The molecule has 0 radical (unpaired) electrons. The summed E-state index contributed by atoms with van der Waals surface area (Å²) in [6, 6.07) is 13.0. The predicted octanol–water partition coefficient (Wildman–Crippen LogP) is 5.26. The monoisotopic (exact) mass is 399 g/mol. The minimum atomic E-state index is 0.458. The number of benzene rings is 2. The fourth-order valence-corrected chi connectivity index (χ4v) is 2.98. The van der Waals surface area contributed by atoms with E-state index in [1.54, 1.807) is 23.0 Å². The number of aromatic nitrogens is 4. The second-order valence-corrected chi connectivity index (χ2v) is 6.51. The van der Waals surface area contributed by atoms with Crippen LogP contribution in [-0.2, 0) is 0 Å². The van der Waals surface area contributed by atoms with E-state index in [1.807, 2.05) is 37.3 Å². The quantitative estimate of drug-likeness (QED) is 0.495. The standard InChI is InChI=1S/C19H15Cl2N5O/c1-2-27-14-6-3-12(4-7-14)25-18-15-10-24-26(19(15)23-11-22-18)13-5-8-16(20)17(21)9-13/h3-11H,2H2,1H3,(H,22,23,25). The summed E-state index contributed by atoms with van der Waals surface area (Å²) in [5, 5.41) is 9.46. The van der Waals surface area contributed by atoms with Gasteiger partial charge in [0.1, 0.15) is 17.9 Å². The largest absolute Gasteiger partial charge is 0.494 e. The Hall–Kier alpha value is -2.83. The van der Waals surface area contributed by atoms with Gasteiger partial charge in [-0.2, -0.15) is 5.10 Å². The lowest BCUT2D eigenvalue weighted by Crippen LogP contribution is -1.99. The smallest absolute Gasteiger partial charge is 0.168 e. The molecular formula is C19H15Cl2N5O.